The lowest BCUT2D eigenvalue weighted by atomic mass is 10.2. The molecule has 2 aromatic rings. The number of nitrogens with one attached hydrogen (secondary N) is 1. The Kier molecular flexibility index (Phi) is 4.42. The molecule has 0 aromatic heterocycles. The first kappa shape index (κ1) is 13.4. The van der Waals surface area contributed by atoms with E-state index in [0.29, 0.717) is 23.1 Å². The largest absolute Gasteiger partial charge is 0.487 e. The fourth-order valence-electron chi connectivity index (χ4n) is 1.67. The van der Waals surface area contributed by atoms with Gasteiger partial charge in [-0.05, 0) is 29.8 Å². The van der Waals surface area contributed by atoms with Gasteiger partial charge in [-0.2, -0.15) is 0 Å². The van der Waals surface area contributed by atoms with E-state index < -0.39 is 0 Å². The maximum Gasteiger partial charge on any atom is 0.221 e. The predicted molar refractivity (Wildman–Crippen MR) is 76.5 cm³/mol. The van der Waals surface area contributed by atoms with Crippen LogP contribution in [0, 0.1) is 0 Å². The Morgan fingerprint density at radius 1 is 1.21 bits per heavy atom. The van der Waals surface area contributed by atoms with Crippen LogP contribution in [0.3, 0.4) is 0 Å². The quantitative estimate of drug-likeness (QED) is 0.920. The topological polar surface area (TPSA) is 38.3 Å². The average molecular weight is 276 g/mol. The Labute approximate surface area is 117 Å². The van der Waals surface area contributed by atoms with Gasteiger partial charge in [0.1, 0.15) is 12.4 Å². The Balaban J connectivity index is 2.09. The second-order valence-corrected chi connectivity index (χ2v) is 4.53. The molecular formula is C15H14ClNO2. The van der Waals surface area contributed by atoms with Crippen molar-refractivity contribution in [3.05, 3.63) is 59.1 Å². The van der Waals surface area contributed by atoms with E-state index in [0.717, 1.165) is 5.56 Å². The second kappa shape index (κ2) is 6.25. The summed E-state index contributed by atoms with van der Waals surface area (Å²) < 4.78 is 5.71. The van der Waals surface area contributed by atoms with Crippen molar-refractivity contribution in [2.75, 3.05) is 5.32 Å². The Hall–Kier alpha value is -2.00. The van der Waals surface area contributed by atoms with Crippen LogP contribution in [-0.4, -0.2) is 5.91 Å². The Morgan fingerprint density at radius 2 is 2.00 bits per heavy atom. The first-order chi connectivity index (χ1) is 9.15. The van der Waals surface area contributed by atoms with E-state index in [-0.39, 0.29) is 5.91 Å². The molecule has 0 saturated heterocycles. The van der Waals surface area contributed by atoms with Crippen molar-refractivity contribution < 1.29 is 9.53 Å². The van der Waals surface area contributed by atoms with Gasteiger partial charge in [-0.3, -0.25) is 4.79 Å². The average Bonchev–Trinajstić information content (AvgIpc) is 2.37. The molecule has 4 heteroatoms. The third-order valence-electron chi connectivity index (χ3n) is 2.48. The highest BCUT2D eigenvalue weighted by atomic mass is 35.5. The molecule has 0 saturated carbocycles. The minimum atomic E-state index is -0.126. The standard InChI is InChI=1S/C15H14ClNO2/c1-11(18)17-14-7-2-3-8-15(14)19-10-12-5-4-6-13(16)9-12/h2-9H,10H2,1H3,(H,17,18). The van der Waals surface area contributed by atoms with E-state index in [1.165, 1.54) is 6.92 Å². The molecule has 0 aliphatic carbocycles. The predicted octanol–water partition coefficient (Wildman–Crippen LogP) is 3.88. The summed E-state index contributed by atoms with van der Waals surface area (Å²) >= 11 is 5.91. The zero-order valence-electron chi connectivity index (χ0n) is 10.5. The van der Waals surface area contributed by atoms with Crippen LogP contribution in [0.4, 0.5) is 5.69 Å². The van der Waals surface area contributed by atoms with E-state index in [9.17, 15) is 4.79 Å². The summed E-state index contributed by atoms with van der Waals surface area (Å²) in [6, 6.07) is 14.8. The molecule has 0 fully saturated rings. The van der Waals surface area contributed by atoms with Gasteiger partial charge in [0.05, 0.1) is 5.69 Å². The molecule has 0 radical (unpaired) electrons. The second-order valence-electron chi connectivity index (χ2n) is 4.10. The number of hydrogen-bond acceptors (Lipinski definition) is 2. The van der Waals surface area contributed by atoms with Crippen molar-refractivity contribution >= 4 is 23.2 Å². The molecule has 98 valence electrons. The van der Waals surface area contributed by atoms with Gasteiger partial charge in [0.25, 0.3) is 0 Å². The van der Waals surface area contributed by atoms with Gasteiger partial charge in [-0.25, -0.2) is 0 Å². The Morgan fingerprint density at radius 3 is 2.74 bits per heavy atom. The summed E-state index contributed by atoms with van der Waals surface area (Å²) in [5, 5.41) is 3.41. The van der Waals surface area contributed by atoms with E-state index in [4.69, 9.17) is 16.3 Å². The van der Waals surface area contributed by atoms with Crippen LogP contribution < -0.4 is 10.1 Å². The number of para-hydroxylation sites is 2. The number of halogens is 1. The van der Waals surface area contributed by atoms with Crippen molar-refractivity contribution in [1.29, 1.82) is 0 Å². The lowest BCUT2D eigenvalue weighted by Gasteiger charge is -2.11. The summed E-state index contributed by atoms with van der Waals surface area (Å²) in [5.41, 5.74) is 1.64. The highest BCUT2D eigenvalue weighted by Gasteiger charge is 2.04. The van der Waals surface area contributed by atoms with Crippen LogP contribution in [0.15, 0.2) is 48.5 Å². The number of benzene rings is 2. The van der Waals surface area contributed by atoms with Crippen molar-refractivity contribution in [2.45, 2.75) is 13.5 Å². The molecule has 0 aliphatic rings. The van der Waals surface area contributed by atoms with Crippen LogP contribution in [0.1, 0.15) is 12.5 Å². The van der Waals surface area contributed by atoms with Crippen LogP contribution in [0.25, 0.3) is 0 Å². The van der Waals surface area contributed by atoms with Crippen LogP contribution in [-0.2, 0) is 11.4 Å². The summed E-state index contributed by atoms with van der Waals surface area (Å²) in [4.78, 5) is 11.1. The maximum atomic E-state index is 11.1. The molecule has 0 aliphatic heterocycles. The highest BCUT2D eigenvalue weighted by Crippen LogP contribution is 2.25. The number of ether oxygens (including phenoxy) is 1. The van der Waals surface area contributed by atoms with Crippen molar-refractivity contribution in [1.82, 2.24) is 0 Å². The number of carbonyl (C=O) groups is 1. The SMILES string of the molecule is CC(=O)Nc1ccccc1OCc1cccc(Cl)c1. The lowest BCUT2D eigenvalue weighted by Crippen LogP contribution is -2.07. The first-order valence-electron chi connectivity index (χ1n) is 5.89. The molecule has 0 atom stereocenters. The lowest BCUT2D eigenvalue weighted by molar-refractivity contribution is -0.114. The number of rotatable bonds is 4. The summed E-state index contributed by atoms with van der Waals surface area (Å²) in [6.45, 7) is 1.87. The van der Waals surface area contributed by atoms with Gasteiger partial charge in [0, 0.05) is 11.9 Å². The Bertz CT molecular complexity index is 584. The number of amides is 1. The molecular weight excluding hydrogens is 262 g/mol. The van der Waals surface area contributed by atoms with Gasteiger partial charge in [0.15, 0.2) is 0 Å². The summed E-state index contributed by atoms with van der Waals surface area (Å²) in [6.07, 6.45) is 0. The van der Waals surface area contributed by atoms with Gasteiger partial charge in [-0.1, -0.05) is 35.9 Å². The molecule has 2 aromatic carbocycles. The van der Waals surface area contributed by atoms with Gasteiger partial charge in [0.2, 0.25) is 5.91 Å². The molecule has 2 rings (SSSR count). The van der Waals surface area contributed by atoms with E-state index in [2.05, 4.69) is 5.32 Å². The molecule has 0 spiro atoms. The molecule has 0 heterocycles. The summed E-state index contributed by atoms with van der Waals surface area (Å²) in [5.74, 6) is 0.511. The van der Waals surface area contributed by atoms with Crippen molar-refractivity contribution in [2.24, 2.45) is 0 Å². The minimum Gasteiger partial charge on any atom is -0.487 e. The van der Waals surface area contributed by atoms with Gasteiger partial charge in [-0.15, -0.1) is 0 Å². The van der Waals surface area contributed by atoms with Crippen LogP contribution in [0.2, 0.25) is 5.02 Å². The zero-order valence-corrected chi connectivity index (χ0v) is 11.3. The van der Waals surface area contributed by atoms with Gasteiger partial charge >= 0.3 is 0 Å². The van der Waals surface area contributed by atoms with E-state index in [1.54, 1.807) is 6.07 Å². The maximum absolute atomic E-state index is 11.1. The molecule has 0 bridgehead atoms. The molecule has 1 N–H and O–H groups in total. The monoisotopic (exact) mass is 275 g/mol. The zero-order chi connectivity index (χ0) is 13.7. The van der Waals surface area contributed by atoms with E-state index in [1.807, 2.05) is 42.5 Å². The van der Waals surface area contributed by atoms with Gasteiger partial charge < -0.3 is 10.1 Å². The molecule has 0 unspecified atom stereocenters. The number of carbonyl (C=O) groups excluding carboxylic acids is 1. The fourth-order valence-corrected chi connectivity index (χ4v) is 1.89. The summed E-state index contributed by atoms with van der Waals surface area (Å²) in [7, 11) is 0. The fraction of sp³-hybridized carbons (Fsp3) is 0.133. The van der Waals surface area contributed by atoms with Crippen molar-refractivity contribution in [3.8, 4) is 5.75 Å². The smallest absolute Gasteiger partial charge is 0.221 e. The normalized spacial score (nSPS) is 10.0. The van der Waals surface area contributed by atoms with Crippen LogP contribution >= 0.6 is 11.6 Å². The third-order valence-corrected chi connectivity index (χ3v) is 2.72. The molecule has 1 amide bonds. The third kappa shape index (κ3) is 4.00. The highest BCUT2D eigenvalue weighted by molar-refractivity contribution is 6.30. The minimum absolute atomic E-state index is 0.126. The molecule has 3 nitrogen and oxygen atoms in total. The first-order valence-corrected chi connectivity index (χ1v) is 6.27. The van der Waals surface area contributed by atoms with Crippen molar-refractivity contribution in [3.63, 3.8) is 0 Å². The number of anilines is 1. The molecule has 19 heavy (non-hydrogen) atoms. The van der Waals surface area contributed by atoms with Crippen LogP contribution in [0.5, 0.6) is 5.75 Å². The van der Waals surface area contributed by atoms with E-state index >= 15 is 0 Å². The number of hydrogen-bond donors (Lipinski definition) is 1.